The van der Waals surface area contributed by atoms with Crippen molar-refractivity contribution in [3.05, 3.63) is 70.3 Å². The largest absolute Gasteiger partial charge is 2.00 e. The monoisotopic (exact) mass is 408 g/mol. The Bertz CT molecular complexity index is 959. The zero-order chi connectivity index (χ0) is 17.7. The van der Waals surface area contributed by atoms with Gasteiger partial charge in [0.1, 0.15) is 11.4 Å². The number of pyridine rings is 2. The van der Waals surface area contributed by atoms with Gasteiger partial charge in [-0.3, -0.25) is 14.6 Å². The van der Waals surface area contributed by atoms with E-state index in [0.717, 1.165) is 6.07 Å². The van der Waals surface area contributed by atoms with Crippen LogP contribution in [0.15, 0.2) is 53.6 Å². The molecule has 0 bridgehead atoms. The third-order valence-electron chi connectivity index (χ3n) is 3.02. The zero-order valence-electron chi connectivity index (χ0n) is 13.1. The molecule has 1 radical (unpaired) electrons. The maximum absolute atomic E-state index is 11.5. The van der Waals surface area contributed by atoms with Gasteiger partial charge in [0, 0.05) is 23.8 Å². The number of nitrogens with zero attached hydrogens (tertiary/aromatic N) is 1. The summed E-state index contributed by atoms with van der Waals surface area (Å²) in [7, 11) is 0. The Morgan fingerprint density at radius 3 is 2.35 bits per heavy atom. The van der Waals surface area contributed by atoms with E-state index in [-0.39, 0.29) is 44.9 Å². The number of nitrogens with two attached hydrogens (primary N) is 1. The van der Waals surface area contributed by atoms with Gasteiger partial charge in [0.2, 0.25) is 5.91 Å². The van der Waals surface area contributed by atoms with Crippen molar-refractivity contribution < 1.29 is 42.3 Å². The number of hydrogen-bond donors (Lipinski definition) is 4. The van der Waals surface area contributed by atoms with Crippen molar-refractivity contribution in [2.45, 2.75) is 0 Å². The van der Waals surface area contributed by atoms with Crippen LogP contribution in [0.5, 0.6) is 5.75 Å². The number of carbonyl (C=O) groups excluding carboxylic acids is 1. The SMILES string of the molecule is NC(=O)c1cccnc1.O.O=C(O)c1cc(=O)c2cccc(O)c2[nH]1.[Cu+2]. The second-order valence-electron chi connectivity index (χ2n) is 4.66. The Hall–Kier alpha value is -3.20. The molecule has 0 aliphatic heterocycles. The Balaban J connectivity index is 0.000000496. The minimum absolute atomic E-state index is 0. The summed E-state index contributed by atoms with van der Waals surface area (Å²) in [6.45, 7) is 0. The summed E-state index contributed by atoms with van der Waals surface area (Å²) in [6, 6.07) is 8.69. The van der Waals surface area contributed by atoms with Crippen molar-refractivity contribution in [2.24, 2.45) is 5.73 Å². The maximum atomic E-state index is 11.5. The summed E-state index contributed by atoms with van der Waals surface area (Å²) >= 11 is 0. The second kappa shape index (κ2) is 9.94. The van der Waals surface area contributed by atoms with Crippen LogP contribution in [0, 0.1) is 0 Å². The molecule has 1 aromatic carbocycles. The molecule has 0 saturated carbocycles. The van der Waals surface area contributed by atoms with Gasteiger partial charge in [-0.25, -0.2) is 4.79 Å². The molecule has 2 aromatic heterocycles. The molecule has 0 saturated heterocycles. The van der Waals surface area contributed by atoms with Crippen molar-refractivity contribution in [2.75, 3.05) is 0 Å². The minimum atomic E-state index is -1.24. The average molecular weight is 409 g/mol. The molecule has 9 nitrogen and oxygen atoms in total. The van der Waals surface area contributed by atoms with E-state index in [1.807, 2.05) is 0 Å². The molecular formula is C16H15CuN3O6+2. The molecule has 0 aliphatic rings. The normalized spacial score (nSPS) is 9.08. The Kier molecular flexibility index (Phi) is 8.72. The van der Waals surface area contributed by atoms with Crippen molar-refractivity contribution in [1.29, 1.82) is 0 Å². The van der Waals surface area contributed by atoms with Crippen molar-refractivity contribution in [1.82, 2.24) is 9.97 Å². The summed E-state index contributed by atoms with van der Waals surface area (Å²) in [5, 5.41) is 18.4. The summed E-state index contributed by atoms with van der Waals surface area (Å²) in [5.74, 6) is -1.83. The van der Waals surface area contributed by atoms with E-state index in [9.17, 15) is 19.5 Å². The van der Waals surface area contributed by atoms with Gasteiger partial charge in [-0.2, -0.15) is 0 Å². The standard InChI is InChI=1S/C10H7NO4.C6H6N2O.Cu.H2O/c12-7-3-1-2-5-8(13)4-6(10(14)15)11-9(5)7;7-6(9)5-2-1-3-8-4-5;;/h1-4,12H,(H,11,13)(H,14,15);1-4H,(H2,7,9);;1H2/q;;+2;. The van der Waals surface area contributed by atoms with E-state index in [0.29, 0.717) is 5.56 Å². The molecule has 0 atom stereocenters. The number of nitrogens with one attached hydrogen (secondary N) is 1. The van der Waals surface area contributed by atoms with E-state index >= 15 is 0 Å². The third-order valence-corrected chi connectivity index (χ3v) is 3.02. The number of primary amides is 1. The number of aromatic hydroxyl groups is 1. The van der Waals surface area contributed by atoms with Gasteiger partial charge in [0.15, 0.2) is 5.43 Å². The number of carboxylic acid groups (broad SMARTS) is 1. The molecule has 3 aromatic rings. The number of aromatic amines is 1. The molecule has 3 rings (SSSR count). The molecular weight excluding hydrogens is 394 g/mol. The van der Waals surface area contributed by atoms with Crippen LogP contribution in [0.2, 0.25) is 0 Å². The Labute approximate surface area is 157 Å². The van der Waals surface area contributed by atoms with Crippen LogP contribution in [0.1, 0.15) is 20.8 Å². The number of rotatable bonds is 2. The molecule has 7 N–H and O–H groups in total. The number of H-pyrrole nitrogens is 1. The molecule has 0 spiro atoms. The quantitative estimate of drug-likeness (QED) is 0.442. The van der Waals surface area contributed by atoms with E-state index < -0.39 is 17.3 Å². The van der Waals surface area contributed by atoms with Crippen LogP contribution >= 0.6 is 0 Å². The summed E-state index contributed by atoms with van der Waals surface area (Å²) in [4.78, 5) is 38.7. The van der Waals surface area contributed by atoms with Crippen molar-refractivity contribution >= 4 is 22.8 Å². The fraction of sp³-hybridized carbons (Fsp3) is 0. The van der Waals surface area contributed by atoms with Crippen molar-refractivity contribution in [3.8, 4) is 5.75 Å². The number of benzene rings is 1. The van der Waals surface area contributed by atoms with Gasteiger partial charge in [0.05, 0.1) is 11.1 Å². The molecule has 10 heteroatoms. The van der Waals surface area contributed by atoms with Gasteiger partial charge in [-0.1, -0.05) is 6.07 Å². The maximum Gasteiger partial charge on any atom is 2.00 e. The molecule has 2 heterocycles. The van der Waals surface area contributed by atoms with Gasteiger partial charge < -0.3 is 26.4 Å². The van der Waals surface area contributed by atoms with Crippen molar-refractivity contribution in [3.63, 3.8) is 0 Å². The first-order valence-electron chi connectivity index (χ1n) is 6.68. The number of carboxylic acids is 1. The van der Waals surface area contributed by atoms with Crippen LogP contribution in [0.3, 0.4) is 0 Å². The van der Waals surface area contributed by atoms with Crippen LogP contribution < -0.4 is 11.2 Å². The predicted molar refractivity (Wildman–Crippen MR) is 89.6 cm³/mol. The van der Waals surface area contributed by atoms with Gasteiger partial charge >= 0.3 is 23.0 Å². The molecule has 26 heavy (non-hydrogen) atoms. The summed E-state index contributed by atoms with van der Waals surface area (Å²) in [6.07, 6.45) is 3.02. The number of carbonyl (C=O) groups is 2. The number of fused-ring (bicyclic) bond motifs is 1. The minimum Gasteiger partial charge on any atom is -0.506 e. The van der Waals surface area contributed by atoms with Gasteiger partial charge in [0.25, 0.3) is 0 Å². The van der Waals surface area contributed by atoms with Crippen LogP contribution in [-0.4, -0.2) is 37.5 Å². The molecule has 139 valence electrons. The van der Waals surface area contributed by atoms with E-state index in [1.165, 1.54) is 24.4 Å². The third kappa shape index (κ3) is 5.42. The number of phenolic OH excluding ortho intramolecular Hbond substituents is 1. The first kappa shape index (κ1) is 22.8. The fourth-order valence-corrected chi connectivity index (χ4v) is 1.88. The number of para-hydroxylation sites is 1. The number of amides is 1. The van der Waals surface area contributed by atoms with E-state index in [2.05, 4.69) is 9.97 Å². The second-order valence-corrected chi connectivity index (χ2v) is 4.66. The first-order valence-corrected chi connectivity index (χ1v) is 6.68. The molecule has 0 unspecified atom stereocenters. The fourth-order valence-electron chi connectivity index (χ4n) is 1.88. The van der Waals surface area contributed by atoms with E-state index in [4.69, 9.17) is 10.8 Å². The van der Waals surface area contributed by atoms with Crippen LogP contribution in [0.4, 0.5) is 0 Å². The Morgan fingerprint density at radius 1 is 1.15 bits per heavy atom. The number of aromatic nitrogens is 2. The van der Waals surface area contributed by atoms with Crippen LogP contribution in [0.25, 0.3) is 10.9 Å². The summed E-state index contributed by atoms with van der Waals surface area (Å²) in [5.41, 5.74) is 4.84. The smallest absolute Gasteiger partial charge is 0.506 e. The van der Waals surface area contributed by atoms with E-state index in [1.54, 1.807) is 18.3 Å². The molecule has 0 aliphatic carbocycles. The molecule has 0 fully saturated rings. The summed E-state index contributed by atoms with van der Waals surface area (Å²) < 4.78 is 0. The number of phenols is 1. The van der Waals surface area contributed by atoms with Gasteiger partial charge in [-0.15, -0.1) is 0 Å². The van der Waals surface area contributed by atoms with Gasteiger partial charge in [-0.05, 0) is 24.3 Å². The predicted octanol–water partition coefficient (Wildman–Crippen LogP) is 0.285. The molecule has 1 amide bonds. The first-order chi connectivity index (χ1) is 11.4. The zero-order valence-corrected chi connectivity index (χ0v) is 14.0. The average Bonchev–Trinajstić information content (AvgIpc) is 2.57. The topological polar surface area (TPSA) is 178 Å². The Morgan fingerprint density at radius 2 is 1.85 bits per heavy atom. The van der Waals surface area contributed by atoms with Crippen LogP contribution in [-0.2, 0) is 17.1 Å². The number of aromatic carboxylic acids is 1. The number of hydrogen-bond acceptors (Lipinski definition) is 5.